The second-order valence-corrected chi connectivity index (χ2v) is 7.97. The Hall–Kier alpha value is -2.82. The topological polar surface area (TPSA) is 97.4 Å². The molecule has 0 radical (unpaired) electrons. The van der Waals surface area contributed by atoms with Crippen molar-refractivity contribution in [3.05, 3.63) is 29.6 Å². The molecular formula is C19H23F3N6O2. The summed E-state index contributed by atoms with van der Waals surface area (Å²) in [5.74, 6) is -0.558. The Morgan fingerprint density at radius 2 is 1.97 bits per heavy atom. The third-order valence-electron chi connectivity index (χ3n) is 5.81. The van der Waals surface area contributed by atoms with Gasteiger partial charge in [0.25, 0.3) is 0 Å². The quantitative estimate of drug-likeness (QED) is 0.700. The standard InChI is InChI=1S/C19H23F3N6O2/c1-27(2)13-4-3-12(10-23-13)28-7-5-11(6-8-28)16-15-17(26-25-16)24-14(29)9-18(15,30)19(20,21)22/h3-4,10-11,30H,5-9H2,1-2H3,(H2,24,25,26,29). The largest absolute Gasteiger partial charge is 0.422 e. The van der Waals surface area contributed by atoms with E-state index in [0.29, 0.717) is 25.9 Å². The second kappa shape index (κ2) is 7.15. The van der Waals surface area contributed by atoms with Crippen LogP contribution in [0.25, 0.3) is 0 Å². The molecule has 4 heterocycles. The van der Waals surface area contributed by atoms with Gasteiger partial charge in [-0.1, -0.05) is 0 Å². The Labute approximate surface area is 171 Å². The summed E-state index contributed by atoms with van der Waals surface area (Å²) in [5.41, 5.74) is -2.41. The number of halogens is 3. The van der Waals surface area contributed by atoms with E-state index in [1.165, 1.54) is 0 Å². The maximum atomic E-state index is 13.7. The van der Waals surface area contributed by atoms with Crippen LogP contribution in [0.1, 0.15) is 36.4 Å². The molecule has 2 aromatic heterocycles. The van der Waals surface area contributed by atoms with Crippen molar-refractivity contribution in [3.8, 4) is 0 Å². The third-order valence-corrected chi connectivity index (χ3v) is 5.81. The molecule has 0 spiro atoms. The van der Waals surface area contributed by atoms with Crippen LogP contribution < -0.4 is 15.1 Å². The van der Waals surface area contributed by atoms with E-state index < -0.39 is 24.1 Å². The molecule has 2 aliphatic heterocycles. The molecule has 3 N–H and O–H groups in total. The predicted octanol–water partition coefficient (Wildman–Crippen LogP) is 2.35. The maximum absolute atomic E-state index is 13.7. The van der Waals surface area contributed by atoms with Crippen LogP contribution in [0.5, 0.6) is 0 Å². The number of hydrogen-bond donors (Lipinski definition) is 3. The first-order chi connectivity index (χ1) is 14.1. The molecule has 1 atom stereocenters. The van der Waals surface area contributed by atoms with Gasteiger partial charge in [0.15, 0.2) is 11.4 Å². The van der Waals surface area contributed by atoms with E-state index in [4.69, 9.17) is 0 Å². The molecule has 0 saturated carbocycles. The first-order valence-electron chi connectivity index (χ1n) is 9.66. The molecule has 1 saturated heterocycles. The molecule has 2 aliphatic rings. The number of pyridine rings is 1. The molecule has 1 amide bonds. The summed E-state index contributed by atoms with van der Waals surface area (Å²) in [6, 6.07) is 3.89. The lowest BCUT2D eigenvalue weighted by molar-refractivity contribution is -0.267. The highest BCUT2D eigenvalue weighted by Crippen LogP contribution is 2.49. The number of nitrogens with zero attached hydrogens (tertiary/aromatic N) is 4. The van der Waals surface area contributed by atoms with Crippen LogP contribution in [-0.4, -0.2) is 59.6 Å². The van der Waals surface area contributed by atoms with Gasteiger partial charge in [-0.15, -0.1) is 0 Å². The summed E-state index contributed by atoms with van der Waals surface area (Å²) in [7, 11) is 3.81. The van der Waals surface area contributed by atoms with Gasteiger partial charge >= 0.3 is 6.18 Å². The second-order valence-electron chi connectivity index (χ2n) is 7.97. The summed E-state index contributed by atoms with van der Waals surface area (Å²) in [6.45, 7) is 1.25. The number of carbonyl (C=O) groups excluding carboxylic acids is 1. The lowest BCUT2D eigenvalue weighted by Crippen LogP contribution is -2.48. The number of carbonyl (C=O) groups is 1. The van der Waals surface area contributed by atoms with Crippen molar-refractivity contribution >= 4 is 23.2 Å². The normalized spacial score (nSPS) is 22.6. The van der Waals surface area contributed by atoms with Gasteiger partial charge in [0, 0.05) is 38.8 Å². The highest BCUT2D eigenvalue weighted by Gasteiger charge is 2.61. The molecule has 8 nitrogen and oxygen atoms in total. The van der Waals surface area contributed by atoms with Gasteiger partial charge in [0.05, 0.1) is 23.9 Å². The van der Waals surface area contributed by atoms with Crippen LogP contribution in [0.15, 0.2) is 18.3 Å². The van der Waals surface area contributed by atoms with E-state index in [1.807, 2.05) is 31.1 Å². The average molecular weight is 424 g/mol. The predicted molar refractivity (Wildman–Crippen MR) is 105 cm³/mol. The zero-order valence-corrected chi connectivity index (χ0v) is 16.6. The molecule has 1 unspecified atom stereocenters. The number of aromatic amines is 1. The van der Waals surface area contributed by atoms with E-state index in [2.05, 4.69) is 25.4 Å². The van der Waals surface area contributed by atoms with Gasteiger partial charge < -0.3 is 20.2 Å². The molecule has 0 aliphatic carbocycles. The zero-order valence-electron chi connectivity index (χ0n) is 16.6. The minimum absolute atomic E-state index is 0.240. The van der Waals surface area contributed by atoms with E-state index in [0.717, 1.165) is 11.5 Å². The van der Waals surface area contributed by atoms with Crippen LogP contribution >= 0.6 is 0 Å². The van der Waals surface area contributed by atoms with Crippen molar-refractivity contribution in [1.29, 1.82) is 0 Å². The Morgan fingerprint density at radius 3 is 2.53 bits per heavy atom. The van der Waals surface area contributed by atoms with Crippen molar-refractivity contribution in [2.45, 2.75) is 37.0 Å². The van der Waals surface area contributed by atoms with E-state index in [9.17, 15) is 23.1 Å². The number of H-pyrrole nitrogens is 1. The Morgan fingerprint density at radius 1 is 1.27 bits per heavy atom. The highest BCUT2D eigenvalue weighted by molar-refractivity contribution is 5.94. The number of rotatable bonds is 3. The number of hydrogen-bond acceptors (Lipinski definition) is 6. The number of nitrogens with one attached hydrogen (secondary N) is 2. The van der Waals surface area contributed by atoms with Gasteiger partial charge in [0.2, 0.25) is 5.91 Å². The number of alkyl halides is 3. The van der Waals surface area contributed by atoms with Gasteiger partial charge in [0.1, 0.15) is 5.82 Å². The Kier molecular flexibility index (Phi) is 4.88. The molecule has 1 fully saturated rings. The average Bonchev–Trinajstić information content (AvgIpc) is 3.12. The van der Waals surface area contributed by atoms with E-state index in [1.54, 1.807) is 6.20 Å². The number of piperidine rings is 1. The Bertz CT molecular complexity index is 935. The summed E-state index contributed by atoms with van der Waals surface area (Å²) in [6.07, 6.45) is -3.12. The van der Waals surface area contributed by atoms with E-state index >= 15 is 0 Å². The van der Waals surface area contributed by atoms with Gasteiger partial charge in [-0.3, -0.25) is 9.89 Å². The van der Waals surface area contributed by atoms with Gasteiger partial charge in [-0.05, 0) is 25.0 Å². The van der Waals surface area contributed by atoms with Crippen molar-refractivity contribution in [2.24, 2.45) is 0 Å². The van der Waals surface area contributed by atoms with Crippen molar-refractivity contribution in [3.63, 3.8) is 0 Å². The number of anilines is 3. The SMILES string of the molecule is CN(C)c1ccc(N2CCC(c3[nH]nc4c3C(O)(C(F)(F)F)CC(=O)N4)CC2)cn1. The highest BCUT2D eigenvalue weighted by atomic mass is 19.4. The minimum atomic E-state index is -4.99. The van der Waals surface area contributed by atoms with Crippen molar-refractivity contribution in [1.82, 2.24) is 15.2 Å². The number of amides is 1. The van der Waals surface area contributed by atoms with Gasteiger partial charge in [-0.25, -0.2) is 4.98 Å². The summed E-state index contributed by atoms with van der Waals surface area (Å²) < 4.78 is 41.1. The number of aromatic nitrogens is 3. The molecule has 0 aromatic carbocycles. The minimum Gasteiger partial charge on any atom is -0.376 e. The monoisotopic (exact) mass is 424 g/mol. The molecule has 30 heavy (non-hydrogen) atoms. The number of fused-ring (bicyclic) bond motifs is 1. The first kappa shape index (κ1) is 20.5. The fourth-order valence-electron chi connectivity index (χ4n) is 4.16. The van der Waals surface area contributed by atoms with Crippen LogP contribution in [0.4, 0.5) is 30.5 Å². The molecular weight excluding hydrogens is 401 g/mol. The molecule has 11 heteroatoms. The molecule has 162 valence electrons. The first-order valence-corrected chi connectivity index (χ1v) is 9.66. The van der Waals surface area contributed by atoms with Crippen LogP contribution in [0.3, 0.4) is 0 Å². The van der Waals surface area contributed by atoms with Crippen LogP contribution in [0, 0.1) is 0 Å². The Balaban J connectivity index is 1.55. The van der Waals surface area contributed by atoms with Crippen molar-refractivity contribution < 1.29 is 23.1 Å². The molecule has 0 bridgehead atoms. The maximum Gasteiger partial charge on any atom is 0.422 e. The number of aliphatic hydroxyl groups is 1. The summed E-state index contributed by atoms with van der Waals surface area (Å²) in [4.78, 5) is 20.1. The zero-order chi connectivity index (χ0) is 21.7. The van der Waals surface area contributed by atoms with Crippen LogP contribution in [-0.2, 0) is 10.4 Å². The summed E-state index contributed by atoms with van der Waals surface area (Å²) in [5, 5.41) is 19.3. The fourth-order valence-corrected chi connectivity index (χ4v) is 4.16. The van der Waals surface area contributed by atoms with Crippen molar-refractivity contribution in [2.75, 3.05) is 42.3 Å². The summed E-state index contributed by atoms with van der Waals surface area (Å²) >= 11 is 0. The lowest BCUT2D eigenvalue weighted by atomic mass is 9.81. The third kappa shape index (κ3) is 3.36. The molecule has 2 aromatic rings. The smallest absolute Gasteiger partial charge is 0.376 e. The molecule has 4 rings (SSSR count). The van der Waals surface area contributed by atoms with Crippen LogP contribution in [0.2, 0.25) is 0 Å². The fraction of sp³-hybridized carbons (Fsp3) is 0.526. The van der Waals surface area contributed by atoms with E-state index in [-0.39, 0.29) is 23.0 Å². The van der Waals surface area contributed by atoms with Gasteiger partial charge in [-0.2, -0.15) is 18.3 Å². The lowest BCUT2D eigenvalue weighted by Gasteiger charge is -2.37.